The van der Waals surface area contributed by atoms with Gasteiger partial charge in [-0.2, -0.15) is 10.4 Å². The first kappa shape index (κ1) is 9.94. The zero-order valence-corrected chi connectivity index (χ0v) is 9.21. The lowest BCUT2D eigenvalue weighted by Crippen LogP contribution is -2.01. The van der Waals surface area contributed by atoms with E-state index >= 15 is 0 Å². The topological polar surface area (TPSA) is 54.0 Å². The number of nitriles is 1. The first-order valence-electron chi connectivity index (χ1n) is 4.61. The molecule has 0 N–H and O–H groups in total. The molecule has 5 heteroatoms. The summed E-state index contributed by atoms with van der Waals surface area (Å²) in [5, 5.41) is 13.4. The third kappa shape index (κ3) is 1.36. The second-order valence-corrected chi connectivity index (χ2v) is 3.58. The molecule has 2 heterocycles. The van der Waals surface area contributed by atoms with E-state index in [4.69, 9.17) is 16.9 Å². The van der Waals surface area contributed by atoms with Crippen molar-refractivity contribution in [3.63, 3.8) is 0 Å². The van der Waals surface area contributed by atoms with Crippen LogP contribution in [-0.2, 0) is 6.42 Å². The molecule has 0 aromatic carbocycles. The molecule has 0 radical (unpaired) electrons. The van der Waals surface area contributed by atoms with Crippen molar-refractivity contribution in [3.8, 4) is 6.07 Å². The molecule has 0 aliphatic heterocycles. The van der Waals surface area contributed by atoms with Crippen LogP contribution in [-0.4, -0.2) is 14.6 Å². The summed E-state index contributed by atoms with van der Waals surface area (Å²) in [5.74, 6) is 0. The number of aromatic nitrogens is 3. The Kier molecular flexibility index (Phi) is 2.33. The summed E-state index contributed by atoms with van der Waals surface area (Å²) in [6, 6.07) is 2.04. The number of rotatable bonds is 1. The Bertz CT molecular complexity index is 565. The third-order valence-corrected chi connectivity index (χ3v) is 2.75. The van der Waals surface area contributed by atoms with E-state index in [-0.39, 0.29) is 0 Å². The largest absolute Gasteiger partial charge is 0.232 e. The highest BCUT2D eigenvalue weighted by atomic mass is 35.5. The fourth-order valence-corrected chi connectivity index (χ4v) is 1.97. The minimum Gasteiger partial charge on any atom is -0.232 e. The molecule has 0 saturated heterocycles. The van der Waals surface area contributed by atoms with Crippen LogP contribution >= 0.6 is 11.6 Å². The SMILES string of the molecule is CCc1c(C)nc2c(C#N)cnn2c1Cl. The third-order valence-electron chi connectivity index (χ3n) is 2.36. The number of fused-ring (bicyclic) bond motifs is 1. The fraction of sp³-hybridized carbons (Fsp3) is 0.300. The van der Waals surface area contributed by atoms with Gasteiger partial charge < -0.3 is 0 Å². The van der Waals surface area contributed by atoms with Crippen molar-refractivity contribution >= 4 is 17.2 Å². The average Bonchev–Trinajstić information content (AvgIpc) is 2.61. The van der Waals surface area contributed by atoms with Gasteiger partial charge in [0.2, 0.25) is 0 Å². The molecule has 2 aromatic rings. The smallest absolute Gasteiger partial charge is 0.174 e. The molecule has 2 aromatic heterocycles. The summed E-state index contributed by atoms with van der Waals surface area (Å²) in [6.07, 6.45) is 2.28. The highest BCUT2D eigenvalue weighted by Crippen LogP contribution is 2.21. The maximum atomic E-state index is 8.85. The molecule has 0 atom stereocenters. The van der Waals surface area contributed by atoms with Gasteiger partial charge in [-0.25, -0.2) is 9.50 Å². The predicted molar refractivity (Wildman–Crippen MR) is 56.8 cm³/mol. The summed E-state index contributed by atoms with van der Waals surface area (Å²) in [7, 11) is 0. The first-order valence-corrected chi connectivity index (χ1v) is 4.99. The molecular formula is C10H9ClN4. The normalized spacial score (nSPS) is 10.5. The van der Waals surface area contributed by atoms with Crippen LogP contribution in [0.5, 0.6) is 0 Å². The minimum atomic E-state index is 0.447. The summed E-state index contributed by atoms with van der Waals surface area (Å²) < 4.78 is 1.51. The molecule has 0 saturated carbocycles. The average molecular weight is 221 g/mol. The van der Waals surface area contributed by atoms with Gasteiger partial charge in [-0.05, 0) is 13.3 Å². The van der Waals surface area contributed by atoms with Gasteiger partial charge in [-0.3, -0.25) is 0 Å². The summed E-state index contributed by atoms with van der Waals surface area (Å²) in [6.45, 7) is 3.90. The van der Waals surface area contributed by atoms with Crippen LogP contribution in [0.1, 0.15) is 23.7 Å². The van der Waals surface area contributed by atoms with Crippen molar-refractivity contribution in [1.82, 2.24) is 14.6 Å². The van der Waals surface area contributed by atoms with Crippen molar-refractivity contribution in [2.45, 2.75) is 20.3 Å². The van der Waals surface area contributed by atoms with Gasteiger partial charge in [-0.15, -0.1) is 0 Å². The van der Waals surface area contributed by atoms with Crippen LogP contribution in [0.25, 0.3) is 5.65 Å². The standard InChI is InChI=1S/C10H9ClN4/c1-3-8-6(2)14-10-7(4-12)5-13-15(10)9(8)11/h5H,3H2,1-2H3. The Labute approximate surface area is 92.1 Å². The van der Waals surface area contributed by atoms with Crippen LogP contribution in [0, 0.1) is 18.3 Å². The lowest BCUT2D eigenvalue weighted by Gasteiger charge is -2.06. The quantitative estimate of drug-likeness (QED) is 0.692. The Balaban J connectivity index is 2.88. The molecule has 15 heavy (non-hydrogen) atoms. The fourth-order valence-electron chi connectivity index (χ4n) is 1.58. The van der Waals surface area contributed by atoms with Crippen LogP contribution < -0.4 is 0 Å². The van der Waals surface area contributed by atoms with E-state index in [1.807, 2.05) is 19.9 Å². The van der Waals surface area contributed by atoms with E-state index < -0.39 is 0 Å². The monoisotopic (exact) mass is 220 g/mol. The Morgan fingerprint density at radius 3 is 2.93 bits per heavy atom. The van der Waals surface area contributed by atoms with Gasteiger partial charge >= 0.3 is 0 Å². The van der Waals surface area contributed by atoms with Crippen molar-refractivity contribution in [2.75, 3.05) is 0 Å². The molecule has 0 aliphatic rings. The van der Waals surface area contributed by atoms with Crippen LogP contribution in [0.2, 0.25) is 5.15 Å². The van der Waals surface area contributed by atoms with Crippen molar-refractivity contribution in [3.05, 3.63) is 28.2 Å². The molecular weight excluding hydrogens is 212 g/mol. The van der Waals surface area contributed by atoms with Crippen molar-refractivity contribution in [2.24, 2.45) is 0 Å². The minimum absolute atomic E-state index is 0.447. The highest BCUT2D eigenvalue weighted by Gasteiger charge is 2.13. The van der Waals surface area contributed by atoms with Crippen LogP contribution in [0.15, 0.2) is 6.20 Å². The van der Waals surface area contributed by atoms with Gasteiger partial charge in [0.05, 0.1) is 6.20 Å². The van der Waals surface area contributed by atoms with E-state index in [9.17, 15) is 0 Å². The molecule has 0 amide bonds. The number of hydrogen-bond donors (Lipinski definition) is 0. The molecule has 0 fully saturated rings. The lowest BCUT2D eigenvalue weighted by atomic mass is 10.2. The van der Waals surface area contributed by atoms with Gasteiger partial charge in [0.25, 0.3) is 0 Å². The zero-order valence-electron chi connectivity index (χ0n) is 8.45. The summed E-state index contributed by atoms with van der Waals surface area (Å²) >= 11 is 6.17. The van der Waals surface area contributed by atoms with Gasteiger partial charge in [-0.1, -0.05) is 18.5 Å². The van der Waals surface area contributed by atoms with Gasteiger partial charge in [0, 0.05) is 11.3 Å². The number of nitrogens with zero attached hydrogens (tertiary/aromatic N) is 4. The van der Waals surface area contributed by atoms with Gasteiger partial charge in [0.15, 0.2) is 5.65 Å². The second-order valence-electron chi connectivity index (χ2n) is 3.23. The molecule has 0 aliphatic carbocycles. The van der Waals surface area contributed by atoms with Crippen molar-refractivity contribution in [1.29, 1.82) is 5.26 Å². The number of halogens is 1. The summed E-state index contributed by atoms with van der Waals surface area (Å²) in [4.78, 5) is 4.33. The van der Waals surface area contributed by atoms with Crippen LogP contribution in [0.4, 0.5) is 0 Å². The van der Waals surface area contributed by atoms with E-state index in [1.54, 1.807) is 0 Å². The highest BCUT2D eigenvalue weighted by molar-refractivity contribution is 6.30. The molecule has 76 valence electrons. The molecule has 0 unspecified atom stereocenters. The molecule has 2 rings (SSSR count). The first-order chi connectivity index (χ1) is 7.19. The van der Waals surface area contributed by atoms with Crippen LogP contribution in [0.3, 0.4) is 0 Å². The Morgan fingerprint density at radius 2 is 2.33 bits per heavy atom. The Morgan fingerprint density at radius 1 is 1.60 bits per heavy atom. The van der Waals surface area contributed by atoms with E-state index in [0.717, 1.165) is 17.7 Å². The number of hydrogen-bond acceptors (Lipinski definition) is 3. The lowest BCUT2D eigenvalue weighted by molar-refractivity contribution is 0.895. The Hall–Kier alpha value is -1.60. The second kappa shape index (κ2) is 3.52. The summed E-state index contributed by atoms with van der Waals surface area (Å²) in [5.41, 5.74) is 2.80. The zero-order chi connectivity index (χ0) is 11.0. The van der Waals surface area contributed by atoms with E-state index in [0.29, 0.717) is 16.4 Å². The maximum Gasteiger partial charge on any atom is 0.174 e. The van der Waals surface area contributed by atoms with Crippen molar-refractivity contribution < 1.29 is 0 Å². The number of aryl methyl sites for hydroxylation is 1. The molecule has 4 nitrogen and oxygen atoms in total. The van der Waals surface area contributed by atoms with E-state index in [1.165, 1.54) is 10.7 Å². The predicted octanol–water partition coefficient (Wildman–Crippen LogP) is 2.13. The van der Waals surface area contributed by atoms with E-state index in [2.05, 4.69) is 10.1 Å². The van der Waals surface area contributed by atoms with Gasteiger partial charge in [0.1, 0.15) is 16.8 Å². The molecule has 0 spiro atoms. The maximum absolute atomic E-state index is 8.85. The molecule has 0 bridgehead atoms.